The summed E-state index contributed by atoms with van der Waals surface area (Å²) in [5, 5.41) is 7.26. The van der Waals surface area contributed by atoms with Crippen LogP contribution in [0.3, 0.4) is 0 Å². The van der Waals surface area contributed by atoms with Crippen molar-refractivity contribution in [2.24, 2.45) is 0 Å². The van der Waals surface area contributed by atoms with Crippen LogP contribution in [-0.4, -0.2) is 22.4 Å². The summed E-state index contributed by atoms with van der Waals surface area (Å²) in [6.07, 6.45) is 2.74. The molecule has 0 aliphatic carbocycles. The van der Waals surface area contributed by atoms with Crippen LogP contribution in [0, 0.1) is 6.92 Å². The molecular weight excluding hydrogens is 308 g/mol. The van der Waals surface area contributed by atoms with E-state index in [0.717, 1.165) is 22.9 Å². The van der Waals surface area contributed by atoms with Crippen molar-refractivity contribution < 1.29 is 4.79 Å². The molecule has 21 heavy (non-hydrogen) atoms. The Hall–Kier alpha value is -1.66. The first kappa shape index (κ1) is 15.7. The van der Waals surface area contributed by atoms with Crippen molar-refractivity contribution >= 4 is 34.7 Å². The fourth-order valence-corrected chi connectivity index (χ4v) is 2.62. The number of hydrogen-bond acceptors (Lipinski definition) is 5. The van der Waals surface area contributed by atoms with E-state index in [0.29, 0.717) is 17.4 Å². The highest BCUT2D eigenvalue weighted by atomic mass is 35.5. The number of nitrogens with one attached hydrogen (secondary N) is 2. The van der Waals surface area contributed by atoms with Gasteiger partial charge in [-0.3, -0.25) is 4.79 Å². The highest BCUT2D eigenvalue weighted by Crippen LogP contribution is 2.17. The van der Waals surface area contributed by atoms with E-state index >= 15 is 0 Å². The second-order valence-corrected chi connectivity index (χ2v) is 6.21. The maximum atomic E-state index is 12.2. The van der Waals surface area contributed by atoms with Crippen LogP contribution < -0.4 is 10.6 Å². The largest absolute Gasteiger partial charge is 0.370 e. The second kappa shape index (κ2) is 7.38. The Morgan fingerprint density at radius 1 is 1.43 bits per heavy atom. The van der Waals surface area contributed by atoms with Gasteiger partial charge in [0.05, 0.1) is 16.6 Å². The molecule has 0 aromatic carbocycles. The van der Waals surface area contributed by atoms with E-state index in [1.165, 1.54) is 0 Å². The summed E-state index contributed by atoms with van der Waals surface area (Å²) >= 11 is 7.60. The standard InChI is InChI=1S/C14H17ClN4OS/c1-3-6-16-12-5-4-11(15)13(19-12)14(20)18-8-10-7-17-9(2)21-10/h4-5,7H,3,6,8H2,1-2H3,(H,16,19)(H,18,20). The van der Waals surface area contributed by atoms with Gasteiger partial charge in [-0.25, -0.2) is 9.97 Å². The molecule has 0 aliphatic heterocycles. The molecule has 0 fully saturated rings. The Morgan fingerprint density at radius 3 is 2.90 bits per heavy atom. The van der Waals surface area contributed by atoms with Gasteiger partial charge in [0.1, 0.15) is 11.5 Å². The summed E-state index contributed by atoms with van der Waals surface area (Å²) in [4.78, 5) is 21.6. The van der Waals surface area contributed by atoms with E-state index in [1.54, 1.807) is 29.7 Å². The van der Waals surface area contributed by atoms with Gasteiger partial charge < -0.3 is 10.6 Å². The summed E-state index contributed by atoms with van der Waals surface area (Å²) < 4.78 is 0. The normalized spacial score (nSPS) is 10.4. The van der Waals surface area contributed by atoms with E-state index in [2.05, 4.69) is 27.5 Å². The number of amides is 1. The molecule has 0 unspecified atom stereocenters. The smallest absolute Gasteiger partial charge is 0.271 e. The zero-order valence-electron chi connectivity index (χ0n) is 11.9. The maximum absolute atomic E-state index is 12.2. The van der Waals surface area contributed by atoms with Crippen LogP contribution in [0.15, 0.2) is 18.3 Å². The molecule has 0 radical (unpaired) electrons. The van der Waals surface area contributed by atoms with Crippen LogP contribution in [0.5, 0.6) is 0 Å². The van der Waals surface area contributed by atoms with Crippen molar-refractivity contribution in [2.45, 2.75) is 26.8 Å². The van der Waals surface area contributed by atoms with Crippen molar-refractivity contribution in [1.29, 1.82) is 0 Å². The minimum atomic E-state index is -0.286. The molecule has 0 saturated heterocycles. The topological polar surface area (TPSA) is 66.9 Å². The van der Waals surface area contributed by atoms with Crippen molar-refractivity contribution in [2.75, 3.05) is 11.9 Å². The van der Waals surface area contributed by atoms with Crippen LogP contribution in [0.25, 0.3) is 0 Å². The summed E-state index contributed by atoms with van der Waals surface area (Å²) in [6, 6.07) is 3.44. The number of carbonyl (C=O) groups is 1. The average Bonchev–Trinajstić information content (AvgIpc) is 2.89. The van der Waals surface area contributed by atoms with Crippen LogP contribution >= 0.6 is 22.9 Å². The van der Waals surface area contributed by atoms with Crippen molar-refractivity contribution in [3.05, 3.63) is 38.9 Å². The molecule has 0 spiro atoms. The van der Waals surface area contributed by atoms with Gasteiger partial charge in [-0.15, -0.1) is 11.3 Å². The quantitative estimate of drug-likeness (QED) is 0.856. The highest BCUT2D eigenvalue weighted by molar-refractivity contribution is 7.11. The lowest BCUT2D eigenvalue weighted by Crippen LogP contribution is -2.24. The number of nitrogens with zero attached hydrogens (tertiary/aromatic N) is 2. The van der Waals surface area contributed by atoms with Gasteiger partial charge in [0.2, 0.25) is 0 Å². The number of pyridine rings is 1. The van der Waals surface area contributed by atoms with Crippen molar-refractivity contribution in [3.8, 4) is 0 Å². The lowest BCUT2D eigenvalue weighted by molar-refractivity contribution is 0.0946. The molecule has 1 amide bonds. The van der Waals surface area contributed by atoms with Crippen LogP contribution in [-0.2, 0) is 6.54 Å². The number of aryl methyl sites for hydroxylation is 1. The first-order chi connectivity index (χ1) is 10.1. The van der Waals surface area contributed by atoms with Gasteiger partial charge >= 0.3 is 0 Å². The molecule has 2 N–H and O–H groups in total. The fraction of sp³-hybridized carbons (Fsp3) is 0.357. The lowest BCUT2D eigenvalue weighted by Gasteiger charge is -2.08. The maximum Gasteiger partial charge on any atom is 0.271 e. The minimum Gasteiger partial charge on any atom is -0.370 e. The minimum absolute atomic E-state index is 0.235. The Bertz CT molecular complexity index is 629. The highest BCUT2D eigenvalue weighted by Gasteiger charge is 2.13. The predicted molar refractivity (Wildman–Crippen MR) is 86.0 cm³/mol. The van der Waals surface area contributed by atoms with Gasteiger partial charge in [0.25, 0.3) is 5.91 Å². The molecule has 0 atom stereocenters. The molecule has 2 rings (SSSR count). The van der Waals surface area contributed by atoms with E-state index in [9.17, 15) is 4.79 Å². The number of hydrogen-bond donors (Lipinski definition) is 2. The zero-order chi connectivity index (χ0) is 15.2. The van der Waals surface area contributed by atoms with E-state index in [1.807, 2.05) is 6.92 Å². The molecule has 2 heterocycles. The molecular formula is C14H17ClN4OS. The number of thiazole rings is 1. The summed E-state index contributed by atoms with van der Waals surface area (Å²) in [5.74, 6) is 0.367. The van der Waals surface area contributed by atoms with Crippen molar-refractivity contribution in [1.82, 2.24) is 15.3 Å². The number of aromatic nitrogens is 2. The first-order valence-corrected chi connectivity index (χ1v) is 7.89. The van der Waals surface area contributed by atoms with Gasteiger partial charge in [-0.2, -0.15) is 0 Å². The number of carbonyl (C=O) groups excluding carboxylic acids is 1. The molecule has 0 saturated carbocycles. The van der Waals surface area contributed by atoms with Crippen LogP contribution in [0.2, 0.25) is 5.02 Å². The Labute approximate surface area is 132 Å². The lowest BCUT2D eigenvalue weighted by atomic mass is 10.3. The molecule has 0 aliphatic rings. The molecule has 2 aromatic heterocycles. The van der Waals surface area contributed by atoms with E-state index in [-0.39, 0.29) is 11.6 Å². The molecule has 7 heteroatoms. The van der Waals surface area contributed by atoms with E-state index < -0.39 is 0 Å². The van der Waals surface area contributed by atoms with Gasteiger partial charge in [-0.1, -0.05) is 18.5 Å². The Morgan fingerprint density at radius 2 is 2.24 bits per heavy atom. The number of rotatable bonds is 6. The summed E-state index contributed by atoms with van der Waals surface area (Å²) in [5.41, 5.74) is 0.235. The molecule has 2 aromatic rings. The number of halogens is 1. The second-order valence-electron chi connectivity index (χ2n) is 4.48. The third-order valence-corrected chi connectivity index (χ3v) is 3.93. The van der Waals surface area contributed by atoms with E-state index in [4.69, 9.17) is 11.6 Å². The average molecular weight is 325 g/mol. The third kappa shape index (κ3) is 4.41. The van der Waals surface area contributed by atoms with Crippen LogP contribution in [0.4, 0.5) is 5.82 Å². The fourth-order valence-electron chi connectivity index (χ4n) is 1.69. The molecule has 5 nitrogen and oxygen atoms in total. The monoisotopic (exact) mass is 324 g/mol. The third-order valence-electron chi connectivity index (χ3n) is 2.71. The predicted octanol–water partition coefficient (Wildman–Crippen LogP) is 3.25. The van der Waals surface area contributed by atoms with Gasteiger partial charge in [0, 0.05) is 17.6 Å². The molecule has 112 valence electrons. The first-order valence-electron chi connectivity index (χ1n) is 6.70. The van der Waals surface area contributed by atoms with Gasteiger partial charge in [0.15, 0.2) is 0 Å². The summed E-state index contributed by atoms with van der Waals surface area (Å²) in [6.45, 7) is 5.22. The Balaban J connectivity index is 2.03. The summed E-state index contributed by atoms with van der Waals surface area (Å²) in [7, 11) is 0. The van der Waals surface area contributed by atoms with Crippen LogP contribution in [0.1, 0.15) is 33.7 Å². The van der Waals surface area contributed by atoms with Crippen molar-refractivity contribution in [3.63, 3.8) is 0 Å². The number of anilines is 1. The zero-order valence-corrected chi connectivity index (χ0v) is 13.5. The SMILES string of the molecule is CCCNc1ccc(Cl)c(C(=O)NCc2cnc(C)s2)n1. The van der Waals surface area contributed by atoms with Gasteiger partial charge in [-0.05, 0) is 25.5 Å². The Kier molecular flexibility index (Phi) is 5.52. The molecule has 0 bridgehead atoms.